The lowest BCUT2D eigenvalue weighted by Crippen LogP contribution is -2.40. The predicted molar refractivity (Wildman–Crippen MR) is 152 cm³/mol. The number of quaternary nitrogens is 1. The Kier molecular flexibility index (Phi) is 7.30. The first-order valence-electron chi connectivity index (χ1n) is 12.4. The van der Waals surface area contributed by atoms with Crippen molar-refractivity contribution >= 4 is 33.3 Å². The molecule has 4 rings (SSSR count). The zero-order valence-electron chi connectivity index (χ0n) is 22.6. The number of fused-ring (bicyclic) bond motifs is 2. The largest absolute Gasteiger partial charge is 0.508 e. The molecule has 6 heteroatoms. The molecule has 2 aromatic carbocycles. The molecule has 3 aromatic rings. The van der Waals surface area contributed by atoms with Crippen LogP contribution in [0.25, 0.3) is 16.3 Å². The van der Waals surface area contributed by atoms with Crippen molar-refractivity contribution in [1.29, 1.82) is 0 Å². The molecular formula is C30H39N3O2S+2. The van der Waals surface area contributed by atoms with Crippen LogP contribution in [0.2, 0.25) is 0 Å². The van der Waals surface area contributed by atoms with Crippen molar-refractivity contribution in [3.63, 3.8) is 0 Å². The zero-order chi connectivity index (χ0) is 26.1. The van der Waals surface area contributed by atoms with Crippen molar-refractivity contribution in [3.05, 3.63) is 77.0 Å². The van der Waals surface area contributed by atoms with E-state index in [0.29, 0.717) is 5.75 Å². The number of phenolic OH excluding ortho intramolecular Hbond substituents is 1. The second kappa shape index (κ2) is 10.1. The number of phenols is 1. The van der Waals surface area contributed by atoms with Gasteiger partial charge in [0.2, 0.25) is 5.52 Å². The molecule has 36 heavy (non-hydrogen) atoms. The maximum atomic E-state index is 9.97. The number of rotatable bonds is 8. The van der Waals surface area contributed by atoms with E-state index in [4.69, 9.17) is 4.74 Å². The topological polar surface area (TPSA) is 36.6 Å². The lowest BCUT2D eigenvalue weighted by Gasteiger charge is -2.23. The summed E-state index contributed by atoms with van der Waals surface area (Å²) in [7, 11) is 10.5. The van der Waals surface area contributed by atoms with E-state index >= 15 is 0 Å². The maximum absolute atomic E-state index is 9.97. The van der Waals surface area contributed by atoms with Crippen molar-refractivity contribution < 1.29 is 18.9 Å². The monoisotopic (exact) mass is 505 g/mol. The molecule has 0 bridgehead atoms. The molecule has 2 heterocycles. The molecule has 0 fully saturated rings. The number of allylic oxidation sites excluding steroid dienone is 5. The Morgan fingerprint density at radius 2 is 1.86 bits per heavy atom. The summed E-state index contributed by atoms with van der Waals surface area (Å²) in [6.07, 6.45) is 11.8. The Labute approximate surface area is 219 Å². The van der Waals surface area contributed by atoms with E-state index in [2.05, 4.69) is 94.0 Å². The SMILES string of the molecule is COc1ccc2c(c1)C(C)(C)\C(=C/C=C/C=C/c1sc3cc(O)ccc3[n+]1CCC[N+](C)(C)C)N2C. The van der Waals surface area contributed by atoms with E-state index in [9.17, 15) is 5.11 Å². The normalized spacial score (nSPS) is 16.6. The molecule has 0 spiro atoms. The van der Waals surface area contributed by atoms with Gasteiger partial charge in [-0.05, 0) is 35.9 Å². The molecule has 0 unspecified atom stereocenters. The van der Waals surface area contributed by atoms with E-state index in [1.165, 1.54) is 27.5 Å². The Balaban J connectivity index is 1.55. The summed E-state index contributed by atoms with van der Waals surface area (Å²) in [6.45, 7) is 6.58. The van der Waals surface area contributed by atoms with E-state index in [-0.39, 0.29) is 5.41 Å². The highest BCUT2D eigenvalue weighted by atomic mass is 32.1. The van der Waals surface area contributed by atoms with Gasteiger partial charge in [-0.1, -0.05) is 43.4 Å². The summed E-state index contributed by atoms with van der Waals surface area (Å²) in [5.41, 5.74) is 4.83. The van der Waals surface area contributed by atoms with Crippen LogP contribution < -0.4 is 14.2 Å². The number of aromatic nitrogens is 1. The van der Waals surface area contributed by atoms with Crippen LogP contribution in [0.1, 0.15) is 30.8 Å². The average Bonchev–Trinajstić information content (AvgIpc) is 3.24. The summed E-state index contributed by atoms with van der Waals surface area (Å²) >= 11 is 1.72. The molecule has 0 aliphatic carbocycles. The van der Waals surface area contributed by atoms with E-state index in [0.717, 1.165) is 34.4 Å². The molecule has 0 saturated carbocycles. The van der Waals surface area contributed by atoms with Crippen LogP contribution in [0.15, 0.2) is 66.4 Å². The standard InChI is InChI=1S/C30H38N3O2S/c1-30(2)24-21-23(35-7)15-17-25(24)31(3)28(30)12-9-8-10-13-29-32(18-11-19-33(4,5)6)26-16-14-22(34)20-27(26)36-29/h8-10,12-17,20-21H,11,18-19H2,1-7H3/q+1/p+1. The van der Waals surface area contributed by atoms with Gasteiger partial charge in [-0.3, -0.25) is 0 Å². The summed E-state index contributed by atoms with van der Waals surface area (Å²) in [6, 6.07) is 12.0. The van der Waals surface area contributed by atoms with Gasteiger partial charge in [0.15, 0.2) is 6.54 Å². The van der Waals surface area contributed by atoms with Crippen LogP contribution >= 0.6 is 11.3 Å². The molecule has 5 nitrogen and oxygen atoms in total. The molecule has 0 amide bonds. The van der Waals surface area contributed by atoms with Crippen LogP contribution in [0.4, 0.5) is 5.69 Å². The fraction of sp³-hybridized carbons (Fsp3) is 0.367. The third kappa shape index (κ3) is 5.35. The highest BCUT2D eigenvalue weighted by Gasteiger charge is 2.38. The fourth-order valence-corrected chi connectivity index (χ4v) is 6.08. The van der Waals surface area contributed by atoms with Gasteiger partial charge >= 0.3 is 0 Å². The number of aromatic hydroxyl groups is 1. The van der Waals surface area contributed by atoms with Crippen molar-refractivity contribution in [1.82, 2.24) is 0 Å². The first-order valence-corrected chi connectivity index (χ1v) is 13.3. The van der Waals surface area contributed by atoms with E-state index < -0.39 is 0 Å². The van der Waals surface area contributed by atoms with Gasteiger partial charge in [0.05, 0.1) is 41.2 Å². The molecule has 1 aliphatic heterocycles. The van der Waals surface area contributed by atoms with Crippen LogP contribution in [0.5, 0.6) is 11.5 Å². The average molecular weight is 506 g/mol. The van der Waals surface area contributed by atoms with Crippen molar-refractivity contribution in [2.24, 2.45) is 0 Å². The quantitative estimate of drug-likeness (QED) is 0.236. The lowest BCUT2D eigenvalue weighted by atomic mass is 9.83. The molecule has 190 valence electrons. The highest BCUT2D eigenvalue weighted by molar-refractivity contribution is 7.18. The molecule has 1 N–H and O–H groups in total. The molecule has 0 saturated heterocycles. The van der Waals surface area contributed by atoms with Crippen LogP contribution in [0, 0.1) is 0 Å². The predicted octanol–water partition coefficient (Wildman–Crippen LogP) is 5.88. The second-order valence-electron chi connectivity index (χ2n) is 11.0. The molecular weight excluding hydrogens is 466 g/mol. The fourth-order valence-electron chi connectivity index (χ4n) is 4.94. The van der Waals surface area contributed by atoms with E-state index in [1.54, 1.807) is 24.5 Å². The smallest absolute Gasteiger partial charge is 0.262 e. The third-order valence-electron chi connectivity index (χ3n) is 6.88. The number of benzene rings is 2. The number of hydrogen-bond donors (Lipinski definition) is 1. The number of methoxy groups -OCH3 is 1. The summed E-state index contributed by atoms with van der Waals surface area (Å²) in [4.78, 5) is 2.27. The minimum absolute atomic E-state index is 0.102. The van der Waals surface area contributed by atoms with Gasteiger partial charge < -0.3 is 19.2 Å². The second-order valence-corrected chi connectivity index (χ2v) is 12.0. The van der Waals surface area contributed by atoms with Gasteiger partial charge in [0.1, 0.15) is 16.2 Å². The van der Waals surface area contributed by atoms with E-state index in [1.807, 2.05) is 18.2 Å². The Morgan fingerprint density at radius 1 is 1.08 bits per heavy atom. The lowest BCUT2D eigenvalue weighted by molar-refractivity contribution is -0.873. The minimum Gasteiger partial charge on any atom is -0.508 e. The van der Waals surface area contributed by atoms with Crippen molar-refractivity contribution in [3.8, 4) is 11.5 Å². The maximum Gasteiger partial charge on any atom is 0.262 e. The number of nitrogens with zero attached hydrogens (tertiary/aromatic N) is 3. The van der Waals surface area contributed by atoms with Crippen molar-refractivity contribution in [2.45, 2.75) is 32.2 Å². The van der Waals surface area contributed by atoms with Gasteiger partial charge in [0, 0.05) is 42.1 Å². The number of hydrogen-bond acceptors (Lipinski definition) is 4. The number of ether oxygens (including phenoxy) is 1. The van der Waals surface area contributed by atoms with Gasteiger partial charge in [-0.15, -0.1) is 0 Å². The molecule has 0 atom stereocenters. The first kappa shape index (κ1) is 26.0. The first-order chi connectivity index (χ1) is 17.0. The summed E-state index contributed by atoms with van der Waals surface area (Å²) in [5, 5.41) is 11.2. The van der Waals surface area contributed by atoms with Crippen LogP contribution in [-0.2, 0) is 12.0 Å². The molecule has 1 aliphatic rings. The Bertz CT molecular complexity index is 1340. The zero-order valence-corrected chi connectivity index (χ0v) is 23.4. The van der Waals surface area contributed by atoms with Gasteiger partial charge in [-0.25, -0.2) is 0 Å². The highest BCUT2D eigenvalue weighted by Crippen LogP contribution is 2.48. The Morgan fingerprint density at radius 3 is 2.58 bits per heavy atom. The summed E-state index contributed by atoms with van der Waals surface area (Å²) < 4.78 is 9.89. The van der Waals surface area contributed by atoms with Crippen LogP contribution in [-0.4, -0.2) is 51.4 Å². The minimum atomic E-state index is -0.102. The molecule has 0 radical (unpaired) electrons. The number of likely N-dealkylation sites (N-methyl/N-ethyl adjacent to an activating group) is 1. The van der Waals surface area contributed by atoms with Crippen molar-refractivity contribution in [2.75, 3.05) is 46.7 Å². The van der Waals surface area contributed by atoms with Gasteiger partial charge in [-0.2, -0.15) is 4.57 Å². The van der Waals surface area contributed by atoms with Gasteiger partial charge in [0.25, 0.3) is 5.01 Å². The number of thiazole rings is 1. The summed E-state index contributed by atoms with van der Waals surface area (Å²) in [5.74, 6) is 1.20. The Hall–Kier alpha value is -3.09. The number of aryl methyl sites for hydroxylation is 1. The van der Waals surface area contributed by atoms with Crippen LogP contribution in [0.3, 0.4) is 0 Å². The third-order valence-corrected chi connectivity index (χ3v) is 7.99. The number of anilines is 1. The molecule has 1 aromatic heterocycles.